The van der Waals surface area contributed by atoms with Crippen LogP contribution >= 0.6 is 0 Å². The molecule has 4 heteroatoms. The van der Waals surface area contributed by atoms with Crippen molar-refractivity contribution in [3.05, 3.63) is 0 Å². The van der Waals surface area contributed by atoms with Crippen LogP contribution in [0.1, 0.15) is 38.5 Å². The predicted octanol–water partition coefficient (Wildman–Crippen LogP) is 1.55. The third-order valence-electron chi connectivity index (χ3n) is 5.08. The summed E-state index contributed by atoms with van der Waals surface area (Å²) in [6.45, 7) is 3.88. The first-order chi connectivity index (χ1) is 9.60. The highest BCUT2D eigenvalue weighted by Crippen LogP contribution is 2.30. The van der Waals surface area contributed by atoms with E-state index in [2.05, 4.69) is 23.9 Å². The highest BCUT2D eigenvalue weighted by molar-refractivity contribution is 5.79. The lowest BCUT2D eigenvalue weighted by Gasteiger charge is -2.36. The van der Waals surface area contributed by atoms with E-state index in [1.165, 1.54) is 12.8 Å². The van der Waals surface area contributed by atoms with E-state index in [0.717, 1.165) is 57.8 Å². The van der Waals surface area contributed by atoms with E-state index in [1.54, 1.807) is 0 Å². The van der Waals surface area contributed by atoms with Crippen LogP contribution in [0.5, 0.6) is 0 Å². The van der Waals surface area contributed by atoms with Crippen molar-refractivity contribution >= 4 is 5.91 Å². The van der Waals surface area contributed by atoms with Gasteiger partial charge in [-0.15, -0.1) is 0 Å². The molecular weight excluding hydrogens is 250 g/mol. The summed E-state index contributed by atoms with van der Waals surface area (Å²) < 4.78 is 0. The molecule has 1 aliphatic heterocycles. The molecule has 0 radical (unpaired) electrons. The Morgan fingerprint density at radius 2 is 1.65 bits per heavy atom. The maximum absolute atomic E-state index is 12.6. The molecule has 116 valence electrons. The van der Waals surface area contributed by atoms with Gasteiger partial charge in [0.1, 0.15) is 0 Å². The van der Waals surface area contributed by atoms with Gasteiger partial charge in [-0.05, 0) is 71.0 Å². The number of piperidine rings is 1. The Morgan fingerprint density at radius 1 is 1.05 bits per heavy atom. The molecule has 0 bridgehead atoms. The molecule has 2 fully saturated rings. The lowest BCUT2D eigenvalue weighted by molar-refractivity contribution is -0.138. The fourth-order valence-corrected chi connectivity index (χ4v) is 3.76. The zero-order chi connectivity index (χ0) is 14.5. The Bertz CT molecular complexity index is 303. The molecule has 0 aromatic heterocycles. The van der Waals surface area contributed by atoms with Gasteiger partial charge in [0, 0.05) is 25.6 Å². The standard InChI is InChI=1S/C16H31N3O/c1-18(2)12-14-7-9-19(10-8-14)16(20)15-5-3-13(11-17)4-6-15/h13-15H,3-12,17H2,1-2H3. The smallest absolute Gasteiger partial charge is 0.225 e. The first-order valence-electron chi connectivity index (χ1n) is 8.23. The van der Waals surface area contributed by atoms with Crippen molar-refractivity contribution < 1.29 is 4.79 Å². The second-order valence-electron chi connectivity index (χ2n) is 6.98. The SMILES string of the molecule is CN(C)CC1CCN(C(=O)C2CCC(CN)CC2)CC1. The van der Waals surface area contributed by atoms with Gasteiger partial charge in [-0.3, -0.25) is 4.79 Å². The van der Waals surface area contributed by atoms with E-state index in [9.17, 15) is 4.79 Å². The van der Waals surface area contributed by atoms with Gasteiger partial charge >= 0.3 is 0 Å². The van der Waals surface area contributed by atoms with E-state index >= 15 is 0 Å². The highest BCUT2D eigenvalue weighted by atomic mass is 16.2. The van der Waals surface area contributed by atoms with Gasteiger partial charge in [0.2, 0.25) is 5.91 Å². The van der Waals surface area contributed by atoms with Gasteiger partial charge in [-0.1, -0.05) is 0 Å². The minimum Gasteiger partial charge on any atom is -0.342 e. The number of hydrogen-bond donors (Lipinski definition) is 1. The van der Waals surface area contributed by atoms with Crippen LogP contribution in [0.4, 0.5) is 0 Å². The average molecular weight is 281 g/mol. The average Bonchev–Trinajstić information content (AvgIpc) is 2.47. The summed E-state index contributed by atoms with van der Waals surface area (Å²) in [6.07, 6.45) is 6.73. The van der Waals surface area contributed by atoms with Crippen LogP contribution in [0, 0.1) is 17.8 Å². The van der Waals surface area contributed by atoms with Crippen molar-refractivity contribution in [3.8, 4) is 0 Å². The zero-order valence-electron chi connectivity index (χ0n) is 13.2. The van der Waals surface area contributed by atoms with E-state index in [-0.39, 0.29) is 5.92 Å². The van der Waals surface area contributed by atoms with Crippen molar-refractivity contribution in [3.63, 3.8) is 0 Å². The molecule has 20 heavy (non-hydrogen) atoms. The fraction of sp³-hybridized carbons (Fsp3) is 0.938. The van der Waals surface area contributed by atoms with Gasteiger partial charge in [0.15, 0.2) is 0 Å². The summed E-state index contributed by atoms with van der Waals surface area (Å²) in [4.78, 5) is 16.9. The van der Waals surface area contributed by atoms with Gasteiger partial charge < -0.3 is 15.5 Å². The van der Waals surface area contributed by atoms with Crippen LogP contribution in [0.3, 0.4) is 0 Å². The van der Waals surface area contributed by atoms with Crippen molar-refractivity contribution in [2.75, 3.05) is 40.3 Å². The van der Waals surface area contributed by atoms with Crippen LogP contribution < -0.4 is 5.73 Å². The third-order valence-corrected chi connectivity index (χ3v) is 5.08. The maximum Gasteiger partial charge on any atom is 0.225 e. The molecule has 2 N–H and O–H groups in total. The van der Waals surface area contributed by atoms with Crippen molar-refractivity contribution in [2.45, 2.75) is 38.5 Å². The molecule has 2 aliphatic rings. The van der Waals surface area contributed by atoms with Crippen LogP contribution in [0.15, 0.2) is 0 Å². The number of nitrogens with zero attached hydrogens (tertiary/aromatic N) is 2. The maximum atomic E-state index is 12.6. The molecular formula is C16H31N3O. The van der Waals surface area contributed by atoms with Crippen molar-refractivity contribution in [1.82, 2.24) is 9.80 Å². The number of rotatable bonds is 4. The van der Waals surface area contributed by atoms with Crippen LogP contribution in [-0.2, 0) is 4.79 Å². The van der Waals surface area contributed by atoms with E-state index in [0.29, 0.717) is 11.8 Å². The molecule has 0 unspecified atom stereocenters. The highest BCUT2D eigenvalue weighted by Gasteiger charge is 2.31. The van der Waals surface area contributed by atoms with Crippen LogP contribution in [0.2, 0.25) is 0 Å². The summed E-state index contributed by atoms with van der Waals surface area (Å²) >= 11 is 0. The quantitative estimate of drug-likeness (QED) is 0.850. The van der Waals surface area contributed by atoms with Crippen molar-refractivity contribution in [1.29, 1.82) is 0 Å². The molecule has 0 aromatic carbocycles. The summed E-state index contributed by atoms with van der Waals surface area (Å²) in [5.41, 5.74) is 5.72. The third kappa shape index (κ3) is 4.19. The number of likely N-dealkylation sites (tertiary alicyclic amines) is 1. The molecule has 2 rings (SSSR count). The molecule has 1 aliphatic carbocycles. The molecule has 0 atom stereocenters. The molecule has 1 amide bonds. The topological polar surface area (TPSA) is 49.6 Å². The molecule has 4 nitrogen and oxygen atoms in total. The molecule has 1 saturated carbocycles. The monoisotopic (exact) mass is 281 g/mol. The van der Waals surface area contributed by atoms with Crippen LogP contribution in [-0.4, -0.2) is 56.0 Å². The summed E-state index contributed by atoms with van der Waals surface area (Å²) in [5, 5.41) is 0. The normalized spacial score (nSPS) is 28.9. The van der Waals surface area contributed by atoms with Gasteiger partial charge in [-0.25, -0.2) is 0 Å². The lowest BCUT2D eigenvalue weighted by Crippen LogP contribution is -2.44. The van der Waals surface area contributed by atoms with E-state index in [1.807, 2.05) is 0 Å². The largest absolute Gasteiger partial charge is 0.342 e. The minimum absolute atomic E-state index is 0.281. The zero-order valence-corrected chi connectivity index (χ0v) is 13.2. The number of carbonyl (C=O) groups is 1. The number of amides is 1. The van der Waals surface area contributed by atoms with Gasteiger partial charge in [0.25, 0.3) is 0 Å². The molecule has 0 spiro atoms. The summed E-state index contributed by atoms with van der Waals surface area (Å²) in [6, 6.07) is 0. The minimum atomic E-state index is 0.281. The predicted molar refractivity (Wildman–Crippen MR) is 82.4 cm³/mol. The number of nitrogens with two attached hydrogens (primary N) is 1. The molecule has 1 saturated heterocycles. The second-order valence-corrected chi connectivity index (χ2v) is 6.98. The lowest BCUT2D eigenvalue weighted by atomic mass is 9.81. The Hall–Kier alpha value is -0.610. The van der Waals surface area contributed by atoms with E-state index in [4.69, 9.17) is 5.73 Å². The Kier molecular flexibility index (Phi) is 5.85. The number of hydrogen-bond acceptors (Lipinski definition) is 3. The molecule has 1 heterocycles. The summed E-state index contributed by atoms with van der Waals surface area (Å²) in [5.74, 6) is 2.12. The van der Waals surface area contributed by atoms with Crippen molar-refractivity contribution in [2.24, 2.45) is 23.5 Å². The molecule has 0 aromatic rings. The Balaban J connectivity index is 1.75. The Labute approximate surface area is 123 Å². The first-order valence-corrected chi connectivity index (χ1v) is 8.23. The number of carbonyl (C=O) groups excluding carboxylic acids is 1. The summed E-state index contributed by atoms with van der Waals surface area (Å²) in [7, 11) is 4.26. The second kappa shape index (κ2) is 7.41. The van der Waals surface area contributed by atoms with E-state index < -0.39 is 0 Å². The van der Waals surface area contributed by atoms with Crippen LogP contribution in [0.25, 0.3) is 0 Å². The first kappa shape index (κ1) is 15.8. The van der Waals surface area contributed by atoms with Gasteiger partial charge in [-0.2, -0.15) is 0 Å². The fourth-order valence-electron chi connectivity index (χ4n) is 3.76. The Morgan fingerprint density at radius 3 is 2.15 bits per heavy atom. The van der Waals surface area contributed by atoms with Gasteiger partial charge in [0.05, 0.1) is 0 Å².